The third kappa shape index (κ3) is 3.44. The number of imidazole rings is 1. The van der Waals surface area contributed by atoms with Crippen LogP contribution in [0.4, 0.5) is 5.69 Å². The third-order valence-corrected chi connectivity index (χ3v) is 4.78. The van der Waals surface area contributed by atoms with Gasteiger partial charge in [-0.2, -0.15) is 0 Å². The van der Waals surface area contributed by atoms with E-state index in [1.54, 1.807) is 31.4 Å². The SMILES string of the molecule is COc1ccc(-c2cn3cccc(C)c3n2)cc1NC(=O)c1ccc(Cl)cc1. The number of aromatic nitrogens is 2. The molecule has 1 N–H and O–H groups in total. The summed E-state index contributed by atoms with van der Waals surface area (Å²) in [5, 5.41) is 3.49. The average Bonchev–Trinajstić information content (AvgIpc) is 3.14. The third-order valence-electron chi connectivity index (χ3n) is 4.53. The maximum atomic E-state index is 12.6. The van der Waals surface area contributed by atoms with Crippen molar-refractivity contribution in [1.82, 2.24) is 9.38 Å². The number of carbonyl (C=O) groups is 1. The zero-order valence-corrected chi connectivity index (χ0v) is 16.2. The van der Waals surface area contributed by atoms with Crippen LogP contribution < -0.4 is 10.1 Å². The smallest absolute Gasteiger partial charge is 0.255 e. The number of benzene rings is 2. The highest BCUT2D eigenvalue weighted by Crippen LogP contribution is 2.31. The molecule has 0 aliphatic heterocycles. The highest BCUT2D eigenvalue weighted by Gasteiger charge is 2.13. The minimum absolute atomic E-state index is 0.238. The number of fused-ring (bicyclic) bond motifs is 1. The molecule has 0 saturated heterocycles. The number of rotatable bonds is 4. The van der Waals surface area contributed by atoms with E-state index in [0.29, 0.717) is 22.0 Å². The summed E-state index contributed by atoms with van der Waals surface area (Å²) in [5.41, 5.74) is 4.79. The summed E-state index contributed by atoms with van der Waals surface area (Å²) in [6.45, 7) is 2.03. The summed E-state index contributed by atoms with van der Waals surface area (Å²) in [4.78, 5) is 17.3. The van der Waals surface area contributed by atoms with Gasteiger partial charge < -0.3 is 14.5 Å². The van der Waals surface area contributed by atoms with Gasteiger partial charge in [-0.25, -0.2) is 4.98 Å². The standard InChI is InChI=1S/C22H18ClN3O2/c1-14-4-3-11-26-13-19(24-21(14)26)16-7-10-20(28-2)18(12-16)25-22(27)15-5-8-17(23)9-6-15/h3-13H,1-2H3,(H,25,27). The van der Waals surface area contributed by atoms with E-state index in [1.165, 1.54) is 0 Å². The number of ether oxygens (including phenoxy) is 1. The second kappa shape index (κ2) is 7.37. The zero-order valence-electron chi connectivity index (χ0n) is 15.4. The van der Waals surface area contributed by atoms with Crippen molar-refractivity contribution in [2.24, 2.45) is 0 Å². The Balaban J connectivity index is 1.70. The van der Waals surface area contributed by atoms with Gasteiger partial charge in [-0.15, -0.1) is 0 Å². The van der Waals surface area contributed by atoms with Crippen molar-refractivity contribution in [3.8, 4) is 17.0 Å². The molecule has 0 atom stereocenters. The fraction of sp³-hybridized carbons (Fsp3) is 0.0909. The largest absolute Gasteiger partial charge is 0.495 e. The van der Waals surface area contributed by atoms with Crippen LogP contribution in [0.25, 0.3) is 16.9 Å². The van der Waals surface area contributed by atoms with E-state index in [2.05, 4.69) is 5.32 Å². The predicted molar refractivity (Wildman–Crippen MR) is 111 cm³/mol. The summed E-state index contributed by atoms with van der Waals surface area (Å²) in [6, 6.07) is 16.4. The van der Waals surface area contributed by atoms with E-state index in [4.69, 9.17) is 21.3 Å². The Morgan fingerprint density at radius 2 is 1.93 bits per heavy atom. The molecule has 2 heterocycles. The number of carbonyl (C=O) groups excluding carboxylic acids is 1. The number of nitrogens with zero attached hydrogens (tertiary/aromatic N) is 2. The van der Waals surface area contributed by atoms with Crippen molar-refractivity contribution < 1.29 is 9.53 Å². The number of anilines is 1. The Morgan fingerprint density at radius 3 is 2.64 bits per heavy atom. The van der Waals surface area contributed by atoms with E-state index in [-0.39, 0.29) is 5.91 Å². The average molecular weight is 392 g/mol. The molecule has 28 heavy (non-hydrogen) atoms. The fourth-order valence-corrected chi connectivity index (χ4v) is 3.18. The van der Waals surface area contributed by atoms with Gasteiger partial charge in [0.05, 0.1) is 18.5 Å². The molecule has 2 aromatic carbocycles. The van der Waals surface area contributed by atoms with Crippen molar-refractivity contribution in [1.29, 1.82) is 0 Å². The van der Waals surface area contributed by atoms with Crippen LogP contribution in [0, 0.1) is 6.92 Å². The molecule has 1 amide bonds. The molecule has 0 aliphatic rings. The van der Waals surface area contributed by atoms with Gasteiger partial charge in [0, 0.05) is 28.5 Å². The van der Waals surface area contributed by atoms with Gasteiger partial charge in [-0.05, 0) is 61.0 Å². The van der Waals surface area contributed by atoms with Crippen LogP contribution >= 0.6 is 11.6 Å². The van der Waals surface area contributed by atoms with Gasteiger partial charge in [-0.1, -0.05) is 17.7 Å². The molecule has 6 heteroatoms. The Morgan fingerprint density at radius 1 is 1.14 bits per heavy atom. The second-order valence-corrected chi connectivity index (χ2v) is 6.86. The summed E-state index contributed by atoms with van der Waals surface area (Å²) in [7, 11) is 1.57. The van der Waals surface area contributed by atoms with Crippen molar-refractivity contribution in [2.45, 2.75) is 6.92 Å². The first-order chi connectivity index (χ1) is 13.5. The number of pyridine rings is 1. The first-order valence-electron chi connectivity index (χ1n) is 8.75. The number of aryl methyl sites for hydroxylation is 1. The topological polar surface area (TPSA) is 55.6 Å². The van der Waals surface area contributed by atoms with Gasteiger partial charge in [0.15, 0.2) is 0 Å². The molecule has 0 fully saturated rings. The Kier molecular flexibility index (Phi) is 4.75. The highest BCUT2D eigenvalue weighted by atomic mass is 35.5. The molecule has 140 valence electrons. The molecule has 4 aromatic rings. The second-order valence-electron chi connectivity index (χ2n) is 6.42. The molecule has 2 aromatic heterocycles. The molecule has 0 spiro atoms. The minimum atomic E-state index is -0.238. The van der Waals surface area contributed by atoms with Crippen LogP contribution in [0.2, 0.25) is 5.02 Å². The van der Waals surface area contributed by atoms with Crippen LogP contribution in [-0.2, 0) is 0 Å². The quantitative estimate of drug-likeness (QED) is 0.518. The number of halogens is 1. The molecular weight excluding hydrogens is 374 g/mol. The molecule has 5 nitrogen and oxygen atoms in total. The molecule has 0 aliphatic carbocycles. The Labute approximate surface area is 167 Å². The zero-order chi connectivity index (χ0) is 19.7. The first-order valence-corrected chi connectivity index (χ1v) is 9.12. The van der Waals surface area contributed by atoms with Gasteiger partial charge >= 0.3 is 0 Å². The van der Waals surface area contributed by atoms with E-state index in [9.17, 15) is 4.79 Å². The molecular formula is C22H18ClN3O2. The summed E-state index contributed by atoms with van der Waals surface area (Å²) in [6.07, 6.45) is 3.93. The maximum Gasteiger partial charge on any atom is 0.255 e. The normalized spacial score (nSPS) is 10.8. The van der Waals surface area contributed by atoms with Crippen molar-refractivity contribution in [3.63, 3.8) is 0 Å². The van der Waals surface area contributed by atoms with Crippen LogP contribution in [-0.4, -0.2) is 22.4 Å². The minimum Gasteiger partial charge on any atom is -0.495 e. The van der Waals surface area contributed by atoms with Gasteiger partial charge in [0.1, 0.15) is 11.4 Å². The Bertz CT molecular complexity index is 1170. The highest BCUT2D eigenvalue weighted by molar-refractivity contribution is 6.30. The van der Waals surface area contributed by atoms with Gasteiger partial charge in [0.2, 0.25) is 0 Å². The molecule has 0 saturated carbocycles. The summed E-state index contributed by atoms with van der Waals surface area (Å²) < 4.78 is 7.40. The van der Waals surface area contributed by atoms with E-state index in [0.717, 1.165) is 22.5 Å². The lowest BCUT2D eigenvalue weighted by Crippen LogP contribution is -2.12. The maximum absolute atomic E-state index is 12.6. The van der Waals surface area contributed by atoms with Crippen molar-refractivity contribution >= 4 is 28.8 Å². The number of hydrogen-bond acceptors (Lipinski definition) is 3. The Hall–Kier alpha value is -3.31. The van der Waals surface area contributed by atoms with Gasteiger partial charge in [-0.3, -0.25) is 4.79 Å². The van der Waals surface area contributed by atoms with Crippen LogP contribution in [0.15, 0.2) is 67.0 Å². The summed E-state index contributed by atoms with van der Waals surface area (Å²) in [5.74, 6) is 0.337. The fourth-order valence-electron chi connectivity index (χ4n) is 3.05. The van der Waals surface area contributed by atoms with E-state index >= 15 is 0 Å². The lowest BCUT2D eigenvalue weighted by atomic mass is 10.1. The number of methoxy groups -OCH3 is 1. The van der Waals surface area contributed by atoms with Crippen molar-refractivity contribution in [2.75, 3.05) is 12.4 Å². The monoisotopic (exact) mass is 391 g/mol. The van der Waals surface area contributed by atoms with E-state index in [1.807, 2.05) is 54.0 Å². The van der Waals surface area contributed by atoms with Crippen LogP contribution in [0.1, 0.15) is 15.9 Å². The molecule has 4 rings (SSSR count). The van der Waals surface area contributed by atoms with Crippen molar-refractivity contribution in [3.05, 3.63) is 83.1 Å². The number of amides is 1. The number of hydrogen-bond donors (Lipinski definition) is 1. The number of nitrogens with one attached hydrogen (secondary N) is 1. The first kappa shape index (κ1) is 18.1. The predicted octanol–water partition coefficient (Wildman–Crippen LogP) is 5.22. The van der Waals surface area contributed by atoms with Crippen LogP contribution in [0.3, 0.4) is 0 Å². The lowest BCUT2D eigenvalue weighted by Gasteiger charge is -2.11. The molecule has 0 bridgehead atoms. The van der Waals surface area contributed by atoms with Crippen LogP contribution in [0.5, 0.6) is 5.75 Å². The van der Waals surface area contributed by atoms with Gasteiger partial charge in [0.25, 0.3) is 5.91 Å². The van der Waals surface area contributed by atoms with E-state index < -0.39 is 0 Å². The lowest BCUT2D eigenvalue weighted by molar-refractivity contribution is 0.102. The summed E-state index contributed by atoms with van der Waals surface area (Å²) >= 11 is 5.90. The molecule has 0 radical (unpaired) electrons. The molecule has 0 unspecified atom stereocenters.